The summed E-state index contributed by atoms with van der Waals surface area (Å²) in [6.45, 7) is 2.73. The zero-order chi connectivity index (χ0) is 27.1. The van der Waals surface area contributed by atoms with Crippen LogP contribution in [0.3, 0.4) is 0 Å². The number of piperazine rings is 1. The highest BCUT2D eigenvalue weighted by atomic mass is 32.1. The Balaban J connectivity index is 1.28. The molecule has 3 aromatic rings. The van der Waals surface area contributed by atoms with Crippen LogP contribution in [0.5, 0.6) is 17.2 Å². The number of benzene rings is 3. The summed E-state index contributed by atoms with van der Waals surface area (Å²) in [5, 5.41) is 5.90. The summed E-state index contributed by atoms with van der Waals surface area (Å²) in [5.41, 5.74) is 2.85. The third-order valence-corrected chi connectivity index (χ3v) is 6.47. The van der Waals surface area contributed by atoms with Crippen molar-refractivity contribution in [3.8, 4) is 17.2 Å². The SMILES string of the molecule is COc1ccc(C(=O)N2CCN(c3ccc(NC(=S)NC(=O)c4ccc(OC)c(OC)c4)cc3)CC2)cc1. The van der Waals surface area contributed by atoms with E-state index in [0.29, 0.717) is 35.7 Å². The molecule has 2 amide bonds. The van der Waals surface area contributed by atoms with E-state index in [0.717, 1.165) is 30.2 Å². The fraction of sp³-hybridized carbons (Fsp3) is 0.250. The second-order valence-corrected chi connectivity index (χ2v) is 8.94. The fourth-order valence-corrected chi connectivity index (χ4v) is 4.37. The zero-order valence-corrected chi connectivity index (χ0v) is 22.3. The molecule has 1 fully saturated rings. The van der Waals surface area contributed by atoms with Gasteiger partial charge in [0.25, 0.3) is 11.8 Å². The Kier molecular flexibility index (Phi) is 8.65. The van der Waals surface area contributed by atoms with Crippen LogP contribution in [-0.2, 0) is 0 Å². The number of ether oxygens (including phenoxy) is 3. The lowest BCUT2D eigenvalue weighted by molar-refractivity contribution is 0.0746. The van der Waals surface area contributed by atoms with E-state index in [1.807, 2.05) is 29.2 Å². The highest BCUT2D eigenvalue weighted by Gasteiger charge is 2.22. The van der Waals surface area contributed by atoms with Gasteiger partial charge in [-0.1, -0.05) is 0 Å². The number of anilines is 2. The summed E-state index contributed by atoms with van der Waals surface area (Å²) in [4.78, 5) is 29.5. The predicted molar refractivity (Wildman–Crippen MR) is 151 cm³/mol. The van der Waals surface area contributed by atoms with Gasteiger partial charge in [0.05, 0.1) is 21.3 Å². The molecule has 1 aliphatic rings. The molecule has 0 aromatic heterocycles. The highest BCUT2D eigenvalue weighted by molar-refractivity contribution is 7.80. The summed E-state index contributed by atoms with van der Waals surface area (Å²) in [5.74, 6) is 1.39. The number of nitrogens with zero attached hydrogens (tertiary/aromatic N) is 2. The van der Waals surface area contributed by atoms with Gasteiger partial charge >= 0.3 is 0 Å². The molecular weight excluding hydrogens is 504 g/mol. The summed E-state index contributed by atoms with van der Waals surface area (Å²) in [6.07, 6.45) is 0. The minimum absolute atomic E-state index is 0.0236. The van der Waals surface area contributed by atoms with Gasteiger partial charge in [0.15, 0.2) is 16.6 Å². The minimum Gasteiger partial charge on any atom is -0.497 e. The van der Waals surface area contributed by atoms with Crippen molar-refractivity contribution in [2.75, 3.05) is 57.7 Å². The van der Waals surface area contributed by atoms with Crippen molar-refractivity contribution in [3.63, 3.8) is 0 Å². The van der Waals surface area contributed by atoms with Crippen LogP contribution in [0.15, 0.2) is 66.7 Å². The highest BCUT2D eigenvalue weighted by Crippen LogP contribution is 2.27. The molecule has 0 unspecified atom stereocenters. The molecule has 0 atom stereocenters. The van der Waals surface area contributed by atoms with Crippen LogP contribution in [0, 0.1) is 0 Å². The number of methoxy groups -OCH3 is 3. The quantitative estimate of drug-likeness (QED) is 0.443. The number of amides is 2. The first-order valence-corrected chi connectivity index (χ1v) is 12.5. The lowest BCUT2D eigenvalue weighted by atomic mass is 10.1. The van der Waals surface area contributed by atoms with Crippen molar-refractivity contribution in [1.82, 2.24) is 10.2 Å². The Morgan fingerprint density at radius 1 is 0.763 bits per heavy atom. The summed E-state index contributed by atoms with van der Waals surface area (Å²) in [6, 6.07) is 19.9. The van der Waals surface area contributed by atoms with E-state index < -0.39 is 0 Å². The Hall–Kier alpha value is -4.31. The van der Waals surface area contributed by atoms with Crippen LogP contribution in [0.1, 0.15) is 20.7 Å². The fourth-order valence-electron chi connectivity index (χ4n) is 4.15. The topological polar surface area (TPSA) is 92.4 Å². The molecule has 38 heavy (non-hydrogen) atoms. The van der Waals surface area contributed by atoms with Gasteiger partial charge < -0.3 is 29.3 Å². The molecule has 2 N–H and O–H groups in total. The van der Waals surface area contributed by atoms with Crippen LogP contribution >= 0.6 is 12.2 Å². The van der Waals surface area contributed by atoms with Crippen molar-refractivity contribution < 1.29 is 23.8 Å². The molecule has 0 spiro atoms. The van der Waals surface area contributed by atoms with E-state index in [-0.39, 0.29) is 16.9 Å². The van der Waals surface area contributed by atoms with Gasteiger partial charge in [-0.15, -0.1) is 0 Å². The Labute approximate surface area is 227 Å². The molecule has 3 aromatic carbocycles. The molecule has 0 radical (unpaired) electrons. The van der Waals surface area contributed by atoms with E-state index >= 15 is 0 Å². The molecule has 0 saturated carbocycles. The van der Waals surface area contributed by atoms with E-state index in [1.54, 1.807) is 49.6 Å². The van der Waals surface area contributed by atoms with E-state index in [4.69, 9.17) is 26.4 Å². The second-order valence-electron chi connectivity index (χ2n) is 8.53. The van der Waals surface area contributed by atoms with Crippen molar-refractivity contribution in [2.24, 2.45) is 0 Å². The van der Waals surface area contributed by atoms with Gasteiger partial charge in [-0.25, -0.2) is 0 Å². The maximum Gasteiger partial charge on any atom is 0.257 e. The van der Waals surface area contributed by atoms with Gasteiger partial charge in [-0.05, 0) is 78.9 Å². The normalized spacial score (nSPS) is 12.9. The molecule has 0 bridgehead atoms. The number of carbonyl (C=O) groups is 2. The number of carbonyl (C=O) groups excluding carboxylic acids is 2. The first-order chi connectivity index (χ1) is 18.4. The van der Waals surface area contributed by atoms with Crippen LogP contribution in [0.4, 0.5) is 11.4 Å². The van der Waals surface area contributed by atoms with Gasteiger partial charge in [-0.3, -0.25) is 14.9 Å². The van der Waals surface area contributed by atoms with E-state index in [1.165, 1.54) is 14.2 Å². The van der Waals surface area contributed by atoms with Crippen molar-refractivity contribution in [2.45, 2.75) is 0 Å². The lowest BCUT2D eigenvalue weighted by Gasteiger charge is -2.36. The third-order valence-electron chi connectivity index (χ3n) is 6.27. The third kappa shape index (κ3) is 6.33. The zero-order valence-electron chi connectivity index (χ0n) is 21.5. The number of rotatable bonds is 7. The Morgan fingerprint density at radius 2 is 1.39 bits per heavy atom. The molecule has 9 nitrogen and oxygen atoms in total. The average Bonchev–Trinajstić information content (AvgIpc) is 2.96. The predicted octanol–water partition coefficient (Wildman–Crippen LogP) is 3.80. The van der Waals surface area contributed by atoms with Crippen molar-refractivity contribution in [1.29, 1.82) is 0 Å². The van der Waals surface area contributed by atoms with Gasteiger partial charge in [-0.2, -0.15) is 0 Å². The first kappa shape index (κ1) is 26.7. The molecular formula is C28H30N4O5S. The van der Waals surface area contributed by atoms with Crippen molar-refractivity contribution in [3.05, 3.63) is 77.9 Å². The molecule has 198 valence electrons. The van der Waals surface area contributed by atoms with Crippen LogP contribution in [0.2, 0.25) is 0 Å². The Morgan fingerprint density at radius 3 is 2.00 bits per heavy atom. The number of thiocarbonyl (C=S) groups is 1. The average molecular weight is 535 g/mol. The van der Waals surface area contributed by atoms with Gasteiger partial charge in [0.2, 0.25) is 0 Å². The monoisotopic (exact) mass is 534 g/mol. The molecule has 4 rings (SSSR count). The second kappa shape index (κ2) is 12.3. The summed E-state index contributed by atoms with van der Waals surface area (Å²) >= 11 is 5.32. The number of hydrogen-bond donors (Lipinski definition) is 2. The standard InChI is InChI=1S/C28H30N4O5S/c1-35-23-11-4-19(5-12-23)27(34)32-16-14-31(15-17-32)22-9-7-21(8-10-22)29-28(38)30-26(33)20-6-13-24(36-2)25(18-20)37-3/h4-13,18H,14-17H2,1-3H3,(H2,29,30,33,38). The van der Waals surface area contributed by atoms with E-state index in [9.17, 15) is 9.59 Å². The van der Waals surface area contributed by atoms with Crippen LogP contribution in [-0.4, -0.2) is 69.3 Å². The number of nitrogens with one attached hydrogen (secondary N) is 2. The van der Waals surface area contributed by atoms with Gasteiger partial charge in [0, 0.05) is 48.7 Å². The molecule has 1 aliphatic heterocycles. The number of hydrogen-bond acceptors (Lipinski definition) is 7. The molecule has 0 aliphatic carbocycles. The maximum atomic E-state index is 12.8. The molecule has 1 heterocycles. The van der Waals surface area contributed by atoms with Crippen LogP contribution < -0.4 is 29.7 Å². The summed E-state index contributed by atoms with van der Waals surface area (Å²) < 4.78 is 15.6. The maximum absolute atomic E-state index is 12.8. The largest absolute Gasteiger partial charge is 0.497 e. The van der Waals surface area contributed by atoms with Crippen molar-refractivity contribution >= 4 is 40.5 Å². The van der Waals surface area contributed by atoms with E-state index in [2.05, 4.69) is 15.5 Å². The lowest BCUT2D eigenvalue weighted by Crippen LogP contribution is -2.48. The molecule has 1 saturated heterocycles. The molecule has 10 heteroatoms. The van der Waals surface area contributed by atoms with Gasteiger partial charge in [0.1, 0.15) is 5.75 Å². The summed E-state index contributed by atoms with van der Waals surface area (Å²) in [7, 11) is 4.65. The Bertz CT molecular complexity index is 1290. The minimum atomic E-state index is -0.359. The van der Waals surface area contributed by atoms with Crippen LogP contribution in [0.25, 0.3) is 0 Å². The first-order valence-electron chi connectivity index (χ1n) is 12.0. The smallest absolute Gasteiger partial charge is 0.257 e.